The second kappa shape index (κ2) is 15.7. The molecule has 4 fully saturated rings. The van der Waals surface area contributed by atoms with Gasteiger partial charge in [0.1, 0.15) is 11.9 Å². The fourth-order valence-corrected chi connectivity index (χ4v) is 12.4. The molecule has 4 aliphatic carbocycles. The highest BCUT2D eigenvalue weighted by Crippen LogP contribution is 2.60. The fourth-order valence-electron chi connectivity index (χ4n) is 9.70. The number of benzene rings is 1. The van der Waals surface area contributed by atoms with E-state index < -0.39 is 28.2 Å². The summed E-state index contributed by atoms with van der Waals surface area (Å²) in [5.41, 5.74) is 4.71. The summed E-state index contributed by atoms with van der Waals surface area (Å²) in [6.07, 6.45) is 13.9. The van der Waals surface area contributed by atoms with Gasteiger partial charge < -0.3 is 13.6 Å². The SMILES string of the molecule is C=C1/C(=C\C=C2/CCC[C@]3(C)[C@@H]([C@H](C)C(CC(=O)C4(c5ccccc5)CC4)OC(C)=O)CC[C@@H]23)C[C@@H](O[Si](C)(C)C(C)(C)C)C[C@@H]1O[Si](C)(C)C(C)(C)C. The Kier molecular flexibility index (Phi) is 12.5. The van der Waals surface area contributed by atoms with Crippen LogP contribution >= 0.6 is 0 Å². The van der Waals surface area contributed by atoms with Crippen LogP contribution in [0.5, 0.6) is 0 Å². The Hall–Kier alpha value is -2.07. The predicted molar refractivity (Wildman–Crippen MR) is 229 cm³/mol. The van der Waals surface area contributed by atoms with Gasteiger partial charge in [-0.2, -0.15) is 0 Å². The van der Waals surface area contributed by atoms with Gasteiger partial charge in [-0.05, 0) is 128 Å². The van der Waals surface area contributed by atoms with Crippen molar-refractivity contribution >= 4 is 28.4 Å². The molecule has 54 heavy (non-hydrogen) atoms. The molecule has 0 aromatic heterocycles. The molecule has 0 radical (unpaired) electrons. The second-order valence-corrected chi connectivity index (χ2v) is 30.5. The molecule has 0 amide bonds. The molecule has 5 rings (SSSR count). The second-order valence-electron chi connectivity index (χ2n) is 20.9. The lowest BCUT2D eigenvalue weighted by Gasteiger charge is -2.46. The molecule has 0 spiro atoms. The summed E-state index contributed by atoms with van der Waals surface area (Å²) >= 11 is 0. The van der Waals surface area contributed by atoms with Crippen molar-refractivity contribution in [2.45, 2.75) is 187 Å². The first-order chi connectivity index (χ1) is 24.9. The molecule has 7 heteroatoms. The number of allylic oxidation sites excluding steroid dienone is 3. The van der Waals surface area contributed by atoms with Crippen LogP contribution in [0.2, 0.25) is 36.3 Å². The lowest BCUT2D eigenvalue weighted by molar-refractivity contribution is -0.153. The minimum Gasteiger partial charge on any atom is -0.462 e. The van der Waals surface area contributed by atoms with Crippen molar-refractivity contribution in [1.82, 2.24) is 0 Å². The van der Waals surface area contributed by atoms with Gasteiger partial charge in [-0.1, -0.05) is 110 Å². The van der Waals surface area contributed by atoms with E-state index in [2.05, 4.69) is 106 Å². The molecule has 7 atom stereocenters. The lowest BCUT2D eigenvalue weighted by atomic mass is 9.60. The van der Waals surface area contributed by atoms with E-state index in [9.17, 15) is 9.59 Å². The first-order valence-corrected chi connectivity index (χ1v) is 26.9. The number of esters is 1. The number of carbonyl (C=O) groups excluding carboxylic acids is 2. The summed E-state index contributed by atoms with van der Waals surface area (Å²) in [5, 5.41) is 0.243. The highest BCUT2D eigenvalue weighted by atomic mass is 28.4. The molecule has 5 nitrogen and oxygen atoms in total. The molecular formula is C47H74O5Si2. The van der Waals surface area contributed by atoms with Gasteiger partial charge in [0.2, 0.25) is 0 Å². The lowest BCUT2D eigenvalue weighted by Crippen LogP contribution is -2.49. The predicted octanol–water partition coefficient (Wildman–Crippen LogP) is 12.4. The smallest absolute Gasteiger partial charge is 0.302 e. The molecule has 1 unspecified atom stereocenters. The molecule has 0 saturated heterocycles. The zero-order valence-electron chi connectivity index (χ0n) is 36.3. The number of carbonyl (C=O) groups is 2. The Morgan fingerprint density at radius 3 is 2.11 bits per heavy atom. The maximum atomic E-state index is 14.0. The van der Waals surface area contributed by atoms with E-state index in [0.717, 1.165) is 68.9 Å². The van der Waals surface area contributed by atoms with Crippen LogP contribution in [0.1, 0.15) is 132 Å². The topological polar surface area (TPSA) is 61.8 Å². The Bertz CT molecular complexity index is 1600. The number of hydrogen-bond acceptors (Lipinski definition) is 5. The van der Waals surface area contributed by atoms with Gasteiger partial charge in [0, 0.05) is 19.8 Å². The van der Waals surface area contributed by atoms with Gasteiger partial charge in [0.05, 0.1) is 17.6 Å². The largest absolute Gasteiger partial charge is 0.462 e. The van der Waals surface area contributed by atoms with Gasteiger partial charge in [-0.25, -0.2) is 0 Å². The van der Waals surface area contributed by atoms with Crippen molar-refractivity contribution in [3.05, 3.63) is 71.3 Å². The van der Waals surface area contributed by atoms with Crippen LogP contribution < -0.4 is 0 Å². The first kappa shape index (κ1) is 43.1. The van der Waals surface area contributed by atoms with Gasteiger partial charge in [-0.3, -0.25) is 9.59 Å². The minimum atomic E-state index is -2.04. The molecule has 0 bridgehead atoms. The highest BCUT2D eigenvalue weighted by molar-refractivity contribution is 6.74. The van der Waals surface area contributed by atoms with Gasteiger partial charge in [0.25, 0.3) is 0 Å². The Morgan fingerprint density at radius 2 is 1.54 bits per heavy atom. The molecular weight excluding hydrogens is 701 g/mol. The van der Waals surface area contributed by atoms with Crippen molar-refractivity contribution in [2.24, 2.45) is 23.2 Å². The number of hydrogen-bond donors (Lipinski definition) is 0. The van der Waals surface area contributed by atoms with Crippen molar-refractivity contribution < 1.29 is 23.2 Å². The molecule has 300 valence electrons. The van der Waals surface area contributed by atoms with E-state index in [4.69, 9.17) is 20.2 Å². The average Bonchev–Trinajstić information content (AvgIpc) is 3.80. The first-order valence-electron chi connectivity index (χ1n) is 21.1. The molecule has 4 aliphatic rings. The maximum Gasteiger partial charge on any atom is 0.302 e. The summed E-state index contributed by atoms with van der Waals surface area (Å²) < 4.78 is 20.3. The fraction of sp³-hybridized carbons (Fsp3) is 0.702. The van der Waals surface area contributed by atoms with Gasteiger partial charge in [0.15, 0.2) is 16.6 Å². The van der Waals surface area contributed by atoms with E-state index >= 15 is 0 Å². The highest BCUT2D eigenvalue weighted by Gasteiger charge is 2.55. The monoisotopic (exact) mass is 775 g/mol. The molecule has 0 N–H and O–H groups in total. The van der Waals surface area contributed by atoms with Crippen molar-refractivity contribution in [3.63, 3.8) is 0 Å². The maximum absolute atomic E-state index is 14.0. The summed E-state index contributed by atoms with van der Waals surface area (Å²) in [5.74, 6) is 0.869. The van der Waals surface area contributed by atoms with E-state index in [-0.39, 0.29) is 45.4 Å². The van der Waals surface area contributed by atoms with E-state index in [1.807, 2.05) is 18.2 Å². The Balaban J connectivity index is 1.38. The van der Waals surface area contributed by atoms with E-state index in [1.54, 1.807) is 0 Å². The standard InChI is InChI=1S/C47H74O5Si2/c1-32-36(29-38(51-53(11,12)44(4,5)6)30-42(32)52-54(13,14)45(7,8)9)23-22-35-19-18-26-46(10)39(24-25-40(35)46)33(2)41(50-34(3)48)31-43(49)47(27-28-47)37-20-16-15-17-21-37/h15-17,20-23,33,38-42H,1,18-19,24-31H2,2-14H3/b35-22+,36-23-/t33-,38+,39+,40-,41?,42-,46+/m0/s1. The van der Waals surface area contributed by atoms with E-state index in [1.165, 1.54) is 18.1 Å². The van der Waals surface area contributed by atoms with Gasteiger partial charge >= 0.3 is 5.97 Å². The molecule has 4 saturated carbocycles. The van der Waals surface area contributed by atoms with E-state index in [0.29, 0.717) is 18.3 Å². The van der Waals surface area contributed by atoms with Crippen LogP contribution in [0, 0.1) is 23.2 Å². The van der Waals surface area contributed by atoms with Crippen LogP contribution in [0.4, 0.5) is 0 Å². The number of fused-ring (bicyclic) bond motifs is 1. The zero-order valence-corrected chi connectivity index (χ0v) is 38.3. The zero-order chi connectivity index (χ0) is 40.1. The van der Waals surface area contributed by atoms with Crippen molar-refractivity contribution in [1.29, 1.82) is 0 Å². The third-order valence-electron chi connectivity index (χ3n) is 15.3. The van der Waals surface area contributed by atoms with Crippen LogP contribution in [0.25, 0.3) is 0 Å². The average molecular weight is 775 g/mol. The third-order valence-corrected chi connectivity index (χ3v) is 24.3. The summed E-state index contributed by atoms with van der Waals surface area (Å²) in [4.78, 5) is 26.5. The number of Topliss-reactive ketones (excluding diaryl/α,β-unsaturated/α-hetero) is 1. The molecule has 0 heterocycles. The van der Waals surface area contributed by atoms with Crippen molar-refractivity contribution in [2.75, 3.05) is 0 Å². The van der Waals surface area contributed by atoms with Crippen LogP contribution in [-0.2, 0) is 28.6 Å². The number of ketones is 1. The Morgan fingerprint density at radius 1 is 0.926 bits per heavy atom. The molecule has 1 aromatic carbocycles. The van der Waals surface area contributed by atoms with Crippen molar-refractivity contribution in [3.8, 4) is 0 Å². The molecule has 1 aromatic rings. The normalized spacial score (nSPS) is 30.2. The van der Waals surface area contributed by atoms with Crippen LogP contribution in [0.15, 0.2) is 65.8 Å². The third kappa shape index (κ3) is 8.90. The minimum absolute atomic E-state index is 0.0371. The summed E-state index contributed by atoms with van der Waals surface area (Å²) in [7, 11) is -4.04. The van der Waals surface area contributed by atoms with Gasteiger partial charge in [-0.15, -0.1) is 0 Å². The number of rotatable bonds is 12. The van der Waals surface area contributed by atoms with Crippen LogP contribution in [-0.4, -0.2) is 46.7 Å². The summed E-state index contributed by atoms with van der Waals surface area (Å²) in [6.45, 7) is 34.2. The summed E-state index contributed by atoms with van der Waals surface area (Å²) in [6, 6.07) is 10.2. The Labute approximate surface area is 331 Å². The number of ether oxygens (including phenoxy) is 1. The molecule has 0 aliphatic heterocycles. The quantitative estimate of drug-likeness (QED) is 0.156. The van der Waals surface area contributed by atoms with Crippen LogP contribution in [0.3, 0.4) is 0 Å².